The Kier molecular flexibility index (Phi) is 22.9. The third-order valence-corrected chi connectivity index (χ3v) is 6.44. The molecule has 0 aliphatic carbocycles. The standard InChI is InChI=1S/C30H55N3O10/c1-20(34)14-28(42)17-24(38)9-4-11-26(40)19-29(43)18-25(39)10-3-8-22(36)15-21(35)6-2-7-23(37)16-27(41)12-5-13-33-30(31)32/h2-4,6,9-10,21-29,35-43H,5,7-8,11-19H2,1H3,(H4,31,32,33). The molecular weight excluding hydrogens is 562 g/mol. The van der Waals surface area contributed by atoms with E-state index in [2.05, 4.69) is 4.99 Å². The van der Waals surface area contributed by atoms with Crippen molar-refractivity contribution in [3.05, 3.63) is 36.5 Å². The van der Waals surface area contributed by atoms with Gasteiger partial charge in [0.25, 0.3) is 0 Å². The number of aliphatic hydroxyl groups is 9. The van der Waals surface area contributed by atoms with Crippen molar-refractivity contribution in [2.24, 2.45) is 16.5 Å². The van der Waals surface area contributed by atoms with Gasteiger partial charge >= 0.3 is 0 Å². The van der Waals surface area contributed by atoms with Crippen LogP contribution in [-0.2, 0) is 4.79 Å². The Morgan fingerprint density at radius 1 is 0.605 bits per heavy atom. The van der Waals surface area contributed by atoms with Crippen LogP contribution in [0.2, 0.25) is 0 Å². The van der Waals surface area contributed by atoms with Gasteiger partial charge in [-0.05, 0) is 51.9 Å². The quantitative estimate of drug-likeness (QED) is 0.0256. The van der Waals surface area contributed by atoms with Crippen LogP contribution in [0.5, 0.6) is 0 Å². The summed E-state index contributed by atoms with van der Waals surface area (Å²) < 4.78 is 0. The Hall–Kier alpha value is -2.20. The molecule has 13 nitrogen and oxygen atoms in total. The Morgan fingerprint density at radius 3 is 1.44 bits per heavy atom. The van der Waals surface area contributed by atoms with Crippen LogP contribution in [0.4, 0.5) is 0 Å². The molecule has 13 N–H and O–H groups in total. The zero-order valence-electron chi connectivity index (χ0n) is 25.2. The minimum atomic E-state index is -1.01. The summed E-state index contributed by atoms with van der Waals surface area (Å²) in [4.78, 5) is 14.8. The first-order chi connectivity index (χ1) is 20.2. The third kappa shape index (κ3) is 26.0. The molecule has 9 unspecified atom stereocenters. The number of aliphatic hydroxyl groups excluding tert-OH is 9. The lowest BCUT2D eigenvalue weighted by molar-refractivity contribution is -0.119. The van der Waals surface area contributed by atoms with Crippen LogP contribution >= 0.6 is 0 Å². The molecule has 13 heteroatoms. The number of guanidine groups is 1. The maximum Gasteiger partial charge on any atom is 0.185 e. The van der Waals surface area contributed by atoms with Crippen molar-refractivity contribution < 1.29 is 50.8 Å². The minimum absolute atomic E-state index is 0.00129. The molecular formula is C30H55N3O10. The molecule has 0 rings (SSSR count). The summed E-state index contributed by atoms with van der Waals surface area (Å²) >= 11 is 0. The number of Topliss-reactive ketones (excluding diaryl/α,β-unsaturated/α-hetero) is 1. The summed E-state index contributed by atoms with van der Waals surface area (Å²) in [6.07, 6.45) is 2.44. The van der Waals surface area contributed by atoms with Crippen LogP contribution in [-0.4, -0.2) is 119 Å². The summed E-state index contributed by atoms with van der Waals surface area (Å²) in [5, 5.41) is 90.1. The Balaban J connectivity index is 4.21. The molecule has 0 spiro atoms. The summed E-state index contributed by atoms with van der Waals surface area (Å²) in [6.45, 7) is 1.75. The number of hydrogen-bond donors (Lipinski definition) is 11. The van der Waals surface area contributed by atoms with Crippen LogP contribution in [0.15, 0.2) is 41.4 Å². The SMILES string of the molecule is CC(=O)CC(O)CC(O)C=CCC(O)CC(O)CC(O)C=CCC(O)CC(O)C=CCC(O)CC(O)CCCN=C(N)N. The van der Waals surface area contributed by atoms with Crippen molar-refractivity contribution in [2.75, 3.05) is 6.54 Å². The van der Waals surface area contributed by atoms with E-state index in [0.717, 1.165) is 0 Å². The number of hydrogen-bond acceptors (Lipinski definition) is 11. The second kappa shape index (κ2) is 24.2. The fourth-order valence-electron chi connectivity index (χ4n) is 4.33. The minimum Gasteiger partial charge on any atom is -0.393 e. The van der Waals surface area contributed by atoms with Crippen LogP contribution in [0, 0.1) is 0 Å². The van der Waals surface area contributed by atoms with Gasteiger partial charge in [0.15, 0.2) is 5.96 Å². The van der Waals surface area contributed by atoms with Gasteiger partial charge in [0, 0.05) is 32.2 Å². The molecule has 0 aromatic carbocycles. The Labute approximate surface area is 254 Å². The van der Waals surface area contributed by atoms with Gasteiger partial charge in [-0.15, -0.1) is 0 Å². The van der Waals surface area contributed by atoms with Crippen LogP contribution in [0.1, 0.15) is 77.6 Å². The average molecular weight is 618 g/mol. The highest BCUT2D eigenvalue weighted by molar-refractivity contribution is 5.76. The number of carbonyl (C=O) groups excluding carboxylic acids is 1. The molecule has 0 bridgehead atoms. The highest BCUT2D eigenvalue weighted by atomic mass is 16.3. The summed E-state index contributed by atoms with van der Waals surface area (Å²) in [5.41, 5.74) is 10.5. The van der Waals surface area contributed by atoms with Gasteiger partial charge in [-0.25, -0.2) is 0 Å². The van der Waals surface area contributed by atoms with Crippen molar-refractivity contribution in [3.63, 3.8) is 0 Å². The fourth-order valence-corrected chi connectivity index (χ4v) is 4.33. The molecule has 0 heterocycles. The molecule has 43 heavy (non-hydrogen) atoms. The maximum absolute atomic E-state index is 11.0. The number of nitrogens with zero attached hydrogens (tertiary/aromatic N) is 1. The van der Waals surface area contributed by atoms with Crippen LogP contribution < -0.4 is 11.5 Å². The molecule has 9 atom stereocenters. The lowest BCUT2D eigenvalue weighted by atomic mass is 10.0. The summed E-state index contributed by atoms with van der Waals surface area (Å²) in [7, 11) is 0. The number of ketones is 1. The molecule has 0 fully saturated rings. The van der Waals surface area contributed by atoms with Gasteiger partial charge < -0.3 is 57.4 Å². The lowest BCUT2D eigenvalue weighted by Gasteiger charge is -2.17. The van der Waals surface area contributed by atoms with Gasteiger partial charge in [0.2, 0.25) is 0 Å². The van der Waals surface area contributed by atoms with E-state index in [1.165, 1.54) is 37.3 Å². The van der Waals surface area contributed by atoms with E-state index in [1.54, 1.807) is 6.08 Å². The zero-order chi connectivity index (χ0) is 32.8. The number of rotatable bonds is 25. The van der Waals surface area contributed by atoms with Gasteiger partial charge in [0.1, 0.15) is 5.78 Å². The Bertz CT molecular complexity index is 850. The summed E-state index contributed by atoms with van der Waals surface area (Å²) in [5.74, 6) is -0.190. The largest absolute Gasteiger partial charge is 0.393 e. The second-order valence-electron chi connectivity index (χ2n) is 11.2. The van der Waals surface area contributed by atoms with E-state index in [1.807, 2.05) is 0 Å². The maximum atomic E-state index is 11.0. The predicted molar refractivity (Wildman–Crippen MR) is 164 cm³/mol. The highest BCUT2D eigenvalue weighted by Gasteiger charge is 2.16. The average Bonchev–Trinajstić information content (AvgIpc) is 2.85. The van der Waals surface area contributed by atoms with E-state index in [0.29, 0.717) is 19.4 Å². The van der Waals surface area contributed by atoms with Crippen molar-refractivity contribution in [1.82, 2.24) is 0 Å². The van der Waals surface area contributed by atoms with Crippen molar-refractivity contribution >= 4 is 11.7 Å². The lowest BCUT2D eigenvalue weighted by Crippen LogP contribution is -2.23. The first kappa shape index (κ1) is 40.8. The van der Waals surface area contributed by atoms with E-state index >= 15 is 0 Å². The zero-order valence-corrected chi connectivity index (χ0v) is 25.2. The molecule has 0 radical (unpaired) electrons. The van der Waals surface area contributed by atoms with E-state index in [-0.39, 0.29) is 69.5 Å². The topological polar surface area (TPSA) is 264 Å². The highest BCUT2D eigenvalue weighted by Crippen LogP contribution is 2.13. The first-order valence-corrected chi connectivity index (χ1v) is 14.8. The second-order valence-corrected chi connectivity index (χ2v) is 11.2. The number of carbonyl (C=O) groups is 1. The van der Waals surface area contributed by atoms with Crippen LogP contribution in [0.3, 0.4) is 0 Å². The summed E-state index contributed by atoms with van der Waals surface area (Å²) in [6, 6.07) is 0. The number of aliphatic imine (C=N–C) groups is 1. The van der Waals surface area contributed by atoms with Gasteiger partial charge in [0.05, 0.1) is 54.9 Å². The third-order valence-electron chi connectivity index (χ3n) is 6.44. The fraction of sp³-hybridized carbons (Fsp3) is 0.733. The predicted octanol–water partition coefficient (Wildman–Crippen LogP) is -0.943. The van der Waals surface area contributed by atoms with Crippen molar-refractivity contribution in [1.29, 1.82) is 0 Å². The van der Waals surface area contributed by atoms with E-state index < -0.39 is 54.9 Å². The van der Waals surface area contributed by atoms with Gasteiger partial charge in [-0.3, -0.25) is 9.79 Å². The van der Waals surface area contributed by atoms with E-state index in [4.69, 9.17) is 11.5 Å². The Morgan fingerprint density at radius 2 is 1.00 bits per heavy atom. The van der Waals surface area contributed by atoms with Crippen LogP contribution in [0.25, 0.3) is 0 Å². The van der Waals surface area contributed by atoms with Gasteiger partial charge in [-0.1, -0.05) is 36.5 Å². The molecule has 0 saturated carbocycles. The molecule has 250 valence electrons. The smallest absolute Gasteiger partial charge is 0.185 e. The monoisotopic (exact) mass is 617 g/mol. The molecule has 0 aromatic heterocycles. The normalized spacial score (nSPS) is 18.7. The molecule has 0 aliphatic rings. The molecule has 0 saturated heterocycles. The van der Waals surface area contributed by atoms with Crippen molar-refractivity contribution in [2.45, 2.75) is 132 Å². The molecule has 0 aromatic rings. The van der Waals surface area contributed by atoms with E-state index in [9.17, 15) is 50.8 Å². The van der Waals surface area contributed by atoms with Crippen molar-refractivity contribution in [3.8, 4) is 0 Å². The van der Waals surface area contributed by atoms with Gasteiger partial charge in [-0.2, -0.15) is 0 Å². The molecule has 0 amide bonds. The molecule has 0 aliphatic heterocycles. The number of nitrogens with two attached hydrogens (primary N) is 2. The first-order valence-electron chi connectivity index (χ1n) is 14.8.